The van der Waals surface area contributed by atoms with Gasteiger partial charge in [0, 0.05) is 24.3 Å². The smallest absolute Gasteiger partial charge is 0.311 e. The van der Waals surface area contributed by atoms with Gasteiger partial charge in [-0.1, -0.05) is 0 Å². The zero-order valence-corrected chi connectivity index (χ0v) is 9.67. The van der Waals surface area contributed by atoms with Gasteiger partial charge in [-0.05, 0) is 25.8 Å². The Kier molecular flexibility index (Phi) is 3.23. The van der Waals surface area contributed by atoms with Crippen LogP contribution in [-0.4, -0.2) is 34.2 Å². The molecule has 6 nitrogen and oxygen atoms in total. The molecule has 0 atom stereocenters. The number of rotatable bonds is 5. The molecule has 1 saturated carbocycles. The van der Waals surface area contributed by atoms with E-state index in [1.54, 1.807) is 13.0 Å². The van der Waals surface area contributed by atoms with Gasteiger partial charge in [0.1, 0.15) is 0 Å². The highest BCUT2D eigenvalue weighted by atomic mass is 16.6. The molecular formula is C11H15N3O3. The summed E-state index contributed by atoms with van der Waals surface area (Å²) in [5.74, 6) is 0.381. The number of aromatic nitrogens is 1. The van der Waals surface area contributed by atoms with Gasteiger partial charge in [-0.25, -0.2) is 4.98 Å². The molecule has 2 rings (SSSR count). The van der Waals surface area contributed by atoms with Crippen molar-refractivity contribution in [2.75, 3.05) is 18.1 Å². The molecule has 1 aliphatic carbocycles. The summed E-state index contributed by atoms with van der Waals surface area (Å²) >= 11 is 0. The lowest BCUT2D eigenvalue weighted by atomic mass is 10.3. The number of hydrogen-bond donors (Lipinski definition) is 1. The first kappa shape index (κ1) is 11.8. The van der Waals surface area contributed by atoms with Crippen LogP contribution in [0, 0.1) is 17.0 Å². The third-order valence-electron chi connectivity index (χ3n) is 2.79. The summed E-state index contributed by atoms with van der Waals surface area (Å²) in [6, 6.07) is 3.39. The van der Waals surface area contributed by atoms with Crippen LogP contribution in [0.4, 0.5) is 11.5 Å². The van der Waals surface area contributed by atoms with Crippen molar-refractivity contribution < 1.29 is 10.0 Å². The highest BCUT2D eigenvalue weighted by molar-refractivity contribution is 5.59. The normalized spacial score (nSPS) is 14.7. The van der Waals surface area contributed by atoms with E-state index in [1.807, 2.05) is 4.90 Å². The number of nitrogens with zero attached hydrogens (tertiary/aromatic N) is 3. The van der Waals surface area contributed by atoms with Gasteiger partial charge in [-0.3, -0.25) is 10.1 Å². The number of pyridine rings is 1. The lowest BCUT2D eigenvalue weighted by Gasteiger charge is -2.22. The lowest BCUT2D eigenvalue weighted by Crippen LogP contribution is -2.30. The minimum atomic E-state index is -0.422. The zero-order valence-electron chi connectivity index (χ0n) is 9.67. The van der Waals surface area contributed by atoms with Gasteiger partial charge in [-0.15, -0.1) is 0 Å². The topological polar surface area (TPSA) is 79.5 Å². The summed E-state index contributed by atoms with van der Waals surface area (Å²) in [6.45, 7) is 2.17. The molecule has 0 bridgehead atoms. The molecule has 6 heteroatoms. The third kappa shape index (κ3) is 2.52. The summed E-state index contributed by atoms with van der Waals surface area (Å²) in [4.78, 5) is 16.6. The third-order valence-corrected chi connectivity index (χ3v) is 2.79. The summed E-state index contributed by atoms with van der Waals surface area (Å²) in [6.07, 6.45) is 2.01. The average Bonchev–Trinajstić information content (AvgIpc) is 3.09. The second kappa shape index (κ2) is 4.67. The van der Waals surface area contributed by atoms with Crippen molar-refractivity contribution in [3.8, 4) is 0 Å². The molecule has 0 unspecified atom stereocenters. The molecule has 1 aromatic rings. The standard InChI is InChI=1S/C11H15N3O3/c1-8-2-5-10(14(16)17)11(12-8)13(6-7-15)9-3-4-9/h2,5,9,15H,3-4,6-7H2,1H3. The van der Waals surface area contributed by atoms with Crippen molar-refractivity contribution in [3.63, 3.8) is 0 Å². The maximum Gasteiger partial charge on any atom is 0.311 e. The second-order valence-corrected chi connectivity index (χ2v) is 4.20. The van der Waals surface area contributed by atoms with Gasteiger partial charge < -0.3 is 10.0 Å². The Labute approximate surface area is 99.0 Å². The minimum absolute atomic E-state index is 0.0101. The van der Waals surface area contributed by atoms with Crippen LogP contribution in [0.2, 0.25) is 0 Å². The number of aryl methyl sites for hydroxylation is 1. The molecule has 1 N–H and O–H groups in total. The fraction of sp³-hybridized carbons (Fsp3) is 0.545. The molecule has 1 heterocycles. The van der Waals surface area contributed by atoms with E-state index in [4.69, 9.17) is 5.11 Å². The first-order valence-electron chi connectivity index (χ1n) is 5.63. The van der Waals surface area contributed by atoms with Crippen molar-refractivity contribution in [2.45, 2.75) is 25.8 Å². The van der Waals surface area contributed by atoms with Gasteiger partial charge in [0.05, 0.1) is 11.5 Å². The van der Waals surface area contributed by atoms with Gasteiger partial charge in [0.2, 0.25) is 5.82 Å². The molecular weight excluding hydrogens is 222 g/mol. The Morgan fingerprint density at radius 1 is 1.59 bits per heavy atom. The highest BCUT2D eigenvalue weighted by Gasteiger charge is 2.33. The van der Waals surface area contributed by atoms with Gasteiger partial charge in [0.25, 0.3) is 0 Å². The summed E-state index contributed by atoms with van der Waals surface area (Å²) in [7, 11) is 0. The molecule has 17 heavy (non-hydrogen) atoms. The van der Waals surface area contributed by atoms with E-state index in [9.17, 15) is 10.1 Å². The SMILES string of the molecule is Cc1ccc([N+](=O)[O-])c(N(CCO)C2CC2)n1. The maximum absolute atomic E-state index is 11.0. The first-order chi connectivity index (χ1) is 8.13. The Hall–Kier alpha value is -1.69. The number of anilines is 1. The summed E-state index contributed by atoms with van der Waals surface area (Å²) in [5.41, 5.74) is 0.755. The van der Waals surface area contributed by atoms with Crippen LogP contribution in [0.25, 0.3) is 0 Å². The Morgan fingerprint density at radius 3 is 2.82 bits per heavy atom. The van der Waals surface area contributed by atoms with Gasteiger partial charge in [-0.2, -0.15) is 0 Å². The van der Waals surface area contributed by atoms with Crippen LogP contribution in [0.3, 0.4) is 0 Å². The molecule has 0 radical (unpaired) electrons. The second-order valence-electron chi connectivity index (χ2n) is 4.20. The minimum Gasteiger partial charge on any atom is -0.395 e. The number of aliphatic hydroxyl groups is 1. The molecule has 1 fully saturated rings. The predicted molar refractivity (Wildman–Crippen MR) is 63.1 cm³/mol. The summed E-state index contributed by atoms with van der Waals surface area (Å²) < 4.78 is 0. The molecule has 0 spiro atoms. The molecule has 1 aliphatic rings. The molecule has 0 aliphatic heterocycles. The van der Waals surface area contributed by atoms with Crippen LogP contribution in [0.5, 0.6) is 0 Å². The molecule has 1 aromatic heterocycles. The molecule has 0 saturated heterocycles. The fourth-order valence-electron chi connectivity index (χ4n) is 1.84. The number of aliphatic hydroxyl groups excluding tert-OH is 1. The summed E-state index contributed by atoms with van der Waals surface area (Å²) in [5, 5.41) is 20.0. The van der Waals surface area contributed by atoms with E-state index in [-0.39, 0.29) is 18.3 Å². The number of hydrogen-bond acceptors (Lipinski definition) is 5. The van der Waals surface area contributed by atoms with Crippen LogP contribution in [-0.2, 0) is 0 Å². The van der Waals surface area contributed by atoms with Crippen molar-refractivity contribution in [2.24, 2.45) is 0 Å². The van der Waals surface area contributed by atoms with Gasteiger partial charge in [0.15, 0.2) is 0 Å². The predicted octanol–water partition coefficient (Wildman–Crippen LogP) is 1.26. The average molecular weight is 237 g/mol. The van der Waals surface area contributed by atoms with E-state index in [0.29, 0.717) is 12.4 Å². The van der Waals surface area contributed by atoms with Crippen molar-refractivity contribution in [1.82, 2.24) is 4.98 Å². The Bertz CT molecular complexity index is 432. The molecule has 0 amide bonds. The Morgan fingerprint density at radius 2 is 2.29 bits per heavy atom. The van der Waals surface area contributed by atoms with Crippen LogP contribution >= 0.6 is 0 Å². The Balaban J connectivity index is 2.39. The quantitative estimate of drug-likeness (QED) is 0.616. The largest absolute Gasteiger partial charge is 0.395 e. The van der Waals surface area contributed by atoms with Crippen molar-refractivity contribution in [3.05, 3.63) is 27.9 Å². The fourth-order valence-corrected chi connectivity index (χ4v) is 1.84. The van der Waals surface area contributed by atoms with Crippen molar-refractivity contribution in [1.29, 1.82) is 0 Å². The lowest BCUT2D eigenvalue weighted by molar-refractivity contribution is -0.384. The van der Waals surface area contributed by atoms with Crippen LogP contribution in [0.1, 0.15) is 18.5 Å². The van der Waals surface area contributed by atoms with Crippen molar-refractivity contribution >= 4 is 11.5 Å². The van der Waals surface area contributed by atoms with E-state index >= 15 is 0 Å². The number of nitro groups is 1. The molecule has 92 valence electrons. The van der Waals surface area contributed by atoms with E-state index in [2.05, 4.69) is 4.98 Å². The van der Waals surface area contributed by atoms with E-state index in [1.165, 1.54) is 6.07 Å². The maximum atomic E-state index is 11.0. The van der Waals surface area contributed by atoms with E-state index < -0.39 is 4.92 Å². The first-order valence-corrected chi connectivity index (χ1v) is 5.63. The van der Waals surface area contributed by atoms with E-state index in [0.717, 1.165) is 18.5 Å². The monoisotopic (exact) mass is 237 g/mol. The van der Waals surface area contributed by atoms with Gasteiger partial charge >= 0.3 is 5.69 Å². The zero-order chi connectivity index (χ0) is 12.4. The molecule has 0 aromatic carbocycles. The van der Waals surface area contributed by atoms with Crippen LogP contribution in [0.15, 0.2) is 12.1 Å². The highest BCUT2D eigenvalue weighted by Crippen LogP contribution is 2.35. The van der Waals surface area contributed by atoms with Crippen LogP contribution < -0.4 is 4.90 Å².